The highest BCUT2D eigenvalue weighted by Gasteiger charge is 2.57. The van der Waals surface area contributed by atoms with Crippen molar-refractivity contribution in [3.05, 3.63) is 0 Å². The lowest BCUT2D eigenvalue weighted by Gasteiger charge is -2.43. The van der Waals surface area contributed by atoms with Crippen LogP contribution in [0.2, 0.25) is 0 Å². The summed E-state index contributed by atoms with van der Waals surface area (Å²) < 4.78 is 11.0. The molecule has 0 bridgehead atoms. The summed E-state index contributed by atoms with van der Waals surface area (Å²) in [7, 11) is 3.53. The fourth-order valence-electron chi connectivity index (χ4n) is 3.08. The molecule has 3 unspecified atom stereocenters. The van der Waals surface area contributed by atoms with E-state index in [1.54, 1.807) is 14.2 Å². The van der Waals surface area contributed by atoms with Crippen molar-refractivity contribution in [3.63, 3.8) is 0 Å². The van der Waals surface area contributed by atoms with Gasteiger partial charge in [0.2, 0.25) is 0 Å². The van der Waals surface area contributed by atoms with Crippen molar-refractivity contribution < 1.29 is 9.47 Å². The highest BCUT2D eigenvalue weighted by molar-refractivity contribution is 5.11. The Labute approximate surface area is 104 Å². The molecule has 0 aromatic rings. The van der Waals surface area contributed by atoms with Crippen LogP contribution in [0.15, 0.2) is 0 Å². The van der Waals surface area contributed by atoms with Gasteiger partial charge in [0.1, 0.15) is 0 Å². The average molecular weight is 242 g/mol. The van der Waals surface area contributed by atoms with Crippen LogP contribution < -0.4 is 5.73 Å². The Morgan fingerprint density at radius 1 is 1.24 bits per heavy atom. The summed E-state index contributed by atoms with van der Waals surface area (Å²) in [6.45, 7) is 7.21. The van der Waals surface area contributed by atoms with E-state index < -0.39 is 0 Å². The van der Waals surface area contributed by atoms with Crippen LogP contribution in [0.1, 0.15) is 26.7 Å². The van der Waals surface area contributed by atoms with E-state index in [1.807, 2.05) is 0 Å². The van der Waals surface area contributed by atoms with E-state index in [0.717, 1.165) is 13.1 Å². The molecular weight excluding hydrogens is 216 g/mol. The van der Waals surface area contributed by atoms with Crippen LogP contribution in [0.25, 0.3) is 0 Å². The monoisotopic (exact) mass is 242 g/mol. The predicted molar refractivity (Wildman–Crippen MR) is 68.0 cm³/mol. The van der Waals surface area contributed by atoms with Crippen molar-refractivity contribution >= 4 is 0 Å². The van der Waals surface area contributed by atoms with Crippen LogP contribution >= 0.6 is 0 Å². The summed E-state index contributed by atoms with van der Waals surface area (Å²) >= 11 is 0. The van der Waals surface area contributed by atoms with Gasteiger partial charge in [-0.1, -0.05) is 6.92 Å². The van der Waals surface area contributed by atoms with Gasteiger partial charge in [-0.3, -0.25) is 4.90 Å². The Balaban J connectivity index is 2.12. The van der Waals surface area contributed by atoms with Crippen molar-refractivity contribution in [2.24, 2.45) is 11.1 Å². The van der Waals surface area contributed by atoms with Crippen LogP contribution in [0, 0.1) is 5.41 Å². The van der Waals surface area contributed by atoms with Gasteiger partial charge >= 0.3 is 0 Å². The molecule has 4 nitrogen and oxygen atoms in total. The number of rotatable bonds is 5. The molecule has 2 rings (SSSR count). The van der Waals surface area contributed by atoms with E-state index in [9.17, 15) is 0 Å². The zero-order valence-corrected chi connectivity index (χ0v) is 11.5. The Hall–Kier alpha value is -0.160. The van der Waals surface area contributed by atoms with Crippen molar-refractivity contribution in [1.29, 1.82) is 0 Å². The van der Waals surface area contributed by atoms with E-state index >= 15 is 0 Å². The summed E-state index contributed by atoms with van der Waals surface area (Å²) in [6.07, 6.45) is 2.92. The maximum absolute atomic E-state index is 6.06. The highest BCUT2D eigenvalue weighted by atomic mass is 16.5. The fourth-order valence-corrected chi connectivity index (χ4v) is 3.08. The minimum absolute atomic E-state index is 0.0804. The van der Waals surface area contributed by atoms with Gasteiger partial charge in [-0.25, -0.2) is 0 Å². The molecule has 1 aliphatic carbocycles. The minimum Gasteiger partial charge on any atom is -0.377 e. The lowest BCUT2D eigenvalue weighted by molar-refractivity contribution is -0.00461. The van der Waals surface area contributed by atoms with Gasteiger partial charge in [0.15, 0.2) is 0 Å². The normalized spacial score (nSPS) is 35.8. The number of likely N-dealkylation sites (tertiary alicyclic amines) is 1. The van der Waals surface area contributed by atoms with Gasteiger partial charge in [-0.15, -0.1) is 0 Å². The predicted octanol–water partition coefficient (Wildman–Crippen LogP) is 0.849. The molecule has 1 aliphatic heterocycles. The van der Waals surface area contributed by atoms with E-state index in [1.165, 1.54) is 12.8 Å². The first-order valence-electron chi connectivity index (χ1n) is 6.51. The molecule has 0 aromatic carbocycles. The summed E-state index contributed by atoms with van der Waals surface area (Å²) in [4.78, 5) is 2.47. The smallest absolute Gasteiger partial charge is 0.0972 e. The number of ether oxygens (including phenoxy) is 2. The second-order valence-corrected chi connectivity index (χ2v) is 5.99. The standard InChI is InChI=1S/C13H26N2O2/c1-12(5-6-12)13(2,9-14)15-7-10(16-3)11(8-15)17-4/h10-11H,5-9,14H2,1-4H3. The Bertz CT molecular complexity index is 269. The Morgan fingerprint density at radius 2 is 1.71 bits per heavy atom. The highest BCUT2D eigenvalue weighted by Crippen LogP contribution is 2.56. The second kappa shape index (κ2) is 4.50. The molecular formula is C13H26N2O2. The second-order valence-electron chi connectivity index (χ2n) is 5.99. The van der Waals surface area contributed by atoms with Gasteiger partial charge in [-0.2, -0.15) is 0 Å². The first-order valence-corrected chi connectivity index (χ1v) is 6.51. The maximum Gasteiger partial charge on any atom is 0.0972 e. The summed E-state index contributed by atoms with van der Waals surface area (Å²) in [6, 6.07) is 0. The molecule has 3 atom stereocenters. The van der Waals surface area contributed by atoms with E-state index in [2.05, 4.69) is 18.7 Å². The maximum atomic E-state index is 6.06. The van der Waals surface area contributed by atoms with Crippen molar-refractivity contribution in [3.8, 4) is 0 Å². The number of methoxy groups -OCH3 is 2. The lowest BCUT2D eigenvalue weighted by Crippen LogP contribution is -2.56. The molecule has 1 heterocycles. The Kier molecular flexibility index (Phi) is 3.51. The third-order valence-corrected chi connectivity index (χ3v) is 5.22. The third kappa shape index (κ3) is 2.01. The van der Waals surface area contributed by atoms with Crippen LogP contribution in [0.5, 0.6) is 0 Å². The molecule has 1 saturated carbocycles. The molecule has 100 valence electrons. The fraction of sp³-hybridized carbons (Fsp3) is 1.00. The number of hydrogen-bond donors (Lipinski definition) is 1. The van der Waals surface area contributed by atoms with Crippen LogP contribution in [0.3, 0.4) is 0 Å². The zero-order valence-electron chi connectivity index (χ0n) is 11.5. The zero-order chi connectivity index (χ0) is 12.7. The molecule has 17 heavy (non-hydrogen) atoms. The summed E-state index contributed by atoms with van der Waals surface area (Å²) in [5, 5.41) is 0. The van der Waals surface area contributed by atoms with Gasteiger partial charge in [0, 0.05) is 39.4 Å². The third-order valence-electron chi connectivity index (χ3n) is 5.22. The molecule has 4 heteroatoms. The lowest BCUT2D eigenvalue weighted by atomic mass is 9.82. The molecule has 0 spiro atoms. The summed E-state index contributed by atoms with van der Waals surface area (Å²) in [5.74, 6) is 0. The first kappa shape index (κ1) is 13.3. The van der Waals surface area contributed by atoms with E-state index in [0.29, 0.717) is 12.0 Å². The van der Waals surface area contributed by atoms with Gasteiger partial charge < -0.3 is 15.2 Å². The number of nitrogens with zero attached hydrogens (tertiary/aromatic N) is 1. The quantitative estimate of drug-likeness (QED) is 0.776. The average Bonchev–Trinajstić information content (AvgIpc) is 2.96. The van der Waals surface area contributed by atoms with Crippen molar-refractivity contribution in [1.82, 2.24) is 4.90 Å². The summed E-state index contributed by atoms with van der Waals surface area (Å²) in [5.41, 5.74) is 6.52. The van der Waals surface area contributed by atoms with Gasteiger partial charge in [-0.05, 0) is 25.2 Å². The largest absolute Gasteiger partial charge is 0.377 e. The Morgan fingerprint density at radius 3 is 2.00 bits per heavy atom. The van der Waals surface area contributed by atoms with E-state index in [4.69, 9.17) is 15.2 Å². The van der Waals surface area contributed by atoms with Crippen LogP contribution in [-0.2, 0) is 9.47 Å². The van der Waals surface area contributed by atoms with Gasteiger partial charge in [0.25, 0.3) is 0 Å². The molecule has 2 fully saturated rings. The number of hydrogen-bond acceptors (Lipinski definition) is 4. The van der Waals surface area contributed by atoms with Crippen molar-refractivity contribution in [2.45, 2.75) is 44.4 Å². The van der Waals surface area contributed by atoms with Crippen molar-refractivity contribution in [2.75, 3.05) is 33.9 Å². The molecule has 0 radical (unpaired) electrons. The van der Waals surface area contributed by atoms with Gasteiger partial charge in [0.05, 0.1) is 12.2 Å². The number of nitrogens with two attached hydrogens (primary N) is 1. The van der Waals surface area contributed by atoms with Crippen LogP contribution in [0.4, 0.5) is 0 Å². The molecule has 0 amide bonds. The van der Waals surface area contributed by atoms with Crippen LogP contribution in [-0.4, -0.2) is 56.5 Å². The minimum atomic E-state index is 0.0804. The van der Waals surface area contributed by atoms with E-state index in [-0.39, 0.29) is 17.7 Å². The topological polar surface area (TPSA) is 47.7 Å². The SMILES string of the molecule is COC1CN(C(C)(CN)C2(C)CC2)CC1OC. The first-order chi connectivity index (χ1) is 8.00. The molecule has 0 aromatic heterocycles. The molecule has 2 aliphatic rings. The molecule has 2 N–H and O–H groups in total. The molecule has 1 saturated heterocycles.